The van der Waals surface area contributed by atoms with Crippen molar-refractivity contribution in [2.24, 2.45) is 0 Å². The van der Waals surface area contributed by atoms with Crippen LogP contribution < -0.4 is 4.74 Å². The second-order valence-corrected chi connectivity index (χ2v) is 4.54. The van der Waals surface area contributed by atoms with E-state index in [1.54, 1.807) is 7.11 Å². The number of carbonyl (C=O) groups is 1. The highest BCUT2D eigenvalue weighted by Crippen LogP contribution is 2.34. The van der Waals surface area contributed by atoms with Crippen LogP contribution in [0.15, 0.2) is 6.07 Å². The van der Waals surface area contributed by atoms with Gasteiger partial charge < -0.3 is 9.47 Å². The van der Waals surface area contributed by atoms with E-state index in [2.05, 4.69) is 0 Å². The molecule has 0 aromatic heterocycles. The van der Waals surface area contributed by atoms with Crippen LogP contribution in [0.4, 0.5) is 0 Å². The minimum absolute atomic E-state index is 0.173. The highest BCUT2D eigenvalue weighted by atomic mass is 16.5. The fraction of sp³-hybridized carbons (Fsp3) is 0.533. The van der Waals surface area contributed by atoms with Gasteiger partial charge in [-0.25, -0.2) is 0 Å². The first-order chi connectivity index (χ1) is 8.47. The van der Waals surface area contributed by atoms with Crippen molar-refractivity contribution in [3.8, 4) is 5.75 Å². The van der Waals surface area contributed by atoms with E-state index >= 15 is 0 Å². The largest absolute Gasteiger partial charge is 0.496 e. The van der Waals surface area contributed by atoms with Gasteiger partial charge in [0.1, 0.15) is 5.75 Å². The Morgan fingerprint density at radius 2 is 1.83 bits per heavy atom. The predicted molar refractivity (Wildman–Crippen MR) is 72.3 cm³/mol. The van der Waals surface area contributed by atoms with Crippen molar-refractivity contribution in [3.63, 3.8) is 0 Å². The summed E-state index contributed by atoms with van der Waals surface area (Å²) in [6.07, 6.45) is 0.736. The van der Waals surface area contributed by atoms with E-state index < -0.39 is 0 Å². The molecule has 0 aliphatic heterocycles. The van der Waals surface area contributed by atoms with Crippen molar-refractivity contribution in [1.82, 2.24) is 0 Å². The molecule has 0 bridgehead atoms. The Hall–Kier alpha value is -1.51. The lowest BCUT2D eigenvalue weighted by Gasteiger charge is -2.21. The predicted octanol–water partition coefficient (Wildman–Crippen LogP) is 3.29. The molecule has 18 heavy (non-hydrogen) atoms. The van der Waals surface area contributed by atoms with Gasteiger partial charge >= 0.3 is 5.97 Å². The third kappa shape index (κ3) is 2.50. The van der Waals surface area contributed by atoms with Crippen LogP contribution in [-0.2, 0) is 9.53 Å². The lowest BCUT2D eigenvalue weighted by Crippen LogP contribution is -2.16. The van der Waals surface area contributed by atoms with Crippen LogP contribution >= 0.6 is 0 Å². The van der Waals surface area contributed by atoms with E-state index in [9.17, 15) is 4.79 Å². The third-order valence-electron chi connectivity index (χ3n) is 3.57. The topological polar surface area (TPSA) is 35.5 Å². The Bertz CT molecular complexity index is 450. The Balaban J connectivity index is 3.40. The van der Waals surface area contributed by atoms with Crippen LogP contribution in [-0.4, -0.2) is 20.2 Å². The van der Waals surface area contributed by atoms with Crippen LogP contribution in [0.2, 0.25) is 0 Å². The van der Waals surface area contributed by atoms with Gasteiger partial charge in [-0.1, -0.05) is 6.92 Å². The number of benzene rings is 1. The number of hydrogen-bond acceptors (Lipinski definition) is 3. The first kappa shape index (κ1) is 14.6. The molecule has 0 aliphatic rings. The number of esters is 1. The first-order valence-corrected chi connectivity index (χ1v) is 6.20. The van der Waals surface area contributed by atoms with Gasteiger partial charge in [0, 0.05) is 0 Å². The number of rotatable bonds is 4. The van der Waals surface area contributed by atoms with E-state index in [-0.39, 0.29) is 11.9 Å². The molecule has 0 spiro atoms. The second kappa shape index (κ2) is 5.89. The van der Waals surface area contributed by atoms with E-state index in [1.807, 2.05) is 33.8 Å². The number of carbonyl (C=O) groups excluding carboxylic acids is 1. The molecule has 0 saturated heterocycles. The molecule has 0 saturated carbocycles. The Morgan fingerprint density at radius 1 is 1.22 bits per heavy atom. The molecule has 1 aromatic carbocycles. The highest BCUT2D eigenvalue weighted by molar-refractivity contribution is 5.79. The normalized spacial score (nSPS) is 12.1. The van der Waals surface area contributed by atoms with Crippen LogP contribution in [0.25, 0.3) is 0 Å². The van der Waals surface area contributed by atoms with Gasteiger partial charge in [0.15, 0.2) is 0 Å². The summed E-state index contributed by atoms with van der Waals surface area (Å²) in [5.74, 6) is 0.501. The molecular formula is C15H22O3. The Morgan fingerprint density at radius 3 is 2.28 bits per heavy atom. The minimum Gasteiger partial charge on any atom is -0.496 e. The van der Waals surface area contributed by atoms with Crippen molar-refractivity contribution >= 4 is 5.97 Å². The summed E-state index contributed by atoms with van der Waals surface area (Å²) in [5.41, 5.74) is 4.35. The maximum Gasteiger partial charge on any atom is 0.313 e. The van der Waals surface area contributed by atoms with Crippen molar-refractivity contribution in [1.29, 1.82) is 0 Å². The Labute approximate surface area is 109 Å². The number of methoxy groups -OCH3 is 2. The van der Waals surface area contributed by atoms with Gasteiger partial charge in [-0.15, -0.1) is 0 Å². The molecule has 0 fully saturated rings. The minimum atomic E-state index is -0.195. The Kier molecular flexibility index (Phi) is 4.76. The van der Waals surface area contributed by atoms with Crippen molar-refractivity contribution < 1.29 is 14.3 Å². The SMILES string of the molecule is CCC(C(=O)OC)c1c(C)cc(OC)c(C)c1C. The van der Waals surface area contributed by atoms with Gasteiger partial charge in [0.25, 0.3) is 0 Å². The fourth-order valence-corrected chi connectivity index (χ4v) is 2.44. The summed E-state index contributed by atoms with van der Waals surface area (Å²) in [6.45, 7) is 8.06. The van der Waals surface area contributed by atoms with Gasteiger partial charge in [0.2, 0.25) is 0 Å². The molecule has 0 amide bonds. The highest BCUT2D eigenvalue weighted by Gasteiger charge is 2.24. The third-order valence-corrected chi connectivity index (χ3v) is 3.57. The molecule has 0 radical (unpaired) electrons. The van der Waals surface area contributed by atoms with Gasteiger partial charge in [-0.05, 0) is 55.5 Å². The average molecular weight is 250 g/mol. The average Bonchev–Trinajstić information content (AvgIpc) is 2.37. The number of aryl methyl sites for hydroxylation is 1. The maximum atomic E-state index is 11.9. The molecule has 3 nitrogen and oxygen atoms in total. The standard InChI is InChI=1S/C15H22O3/c1-7-12(15(16)18-6)14-9(2)8-13(17-5)10(3)11(14)4/h8,12H,7H2,1-6H3. The second-order valence-electron chi connectivity index (χ2n) is 4.54. The van der Waals surface area contributed by atoms with Crippen molar-refractivity contribution in [2.75, 3.05) is 14.2 Å². The van der Waals surface area contributed by atoms with Crippen LogP contribution in [0.3, 0.4) is 0 Å². The van der Waals surface area contributed by atoms with Crippen molar-refractivity contribution in [2.45, 2.75) is 40.0 Å². The van der Waals surface area contributed by atoms with Crippen LogP contribution in [0.1, 0.15) is 41.5 Å². The first-order valence-electron chi connectivity index (χ1n) is 6.20. The fourth-order valence-electron chi connectivity index (χ4n) is 2.44. The van der Waals surface area contributed by atoms with Crippen LogP contribution in [0, 0.1) is 20.8 Å². The van der Waals surface area contributed by atoms with E-state index in [4.69, 9.17) is 9.47 Å². The maximum absolute atomic E-state index is 11.9. The number of hydrogen-bond donors (Lipinski definition) is 0. The summed E-state index contributed by atoms with van der Waals surface area (Å²) >= 11 is 0. The monoisotopic (exact) mass is 250 g/mol. The lowest BCUT2D eigenvalue weighted by atomic mass is 9.86. The molecule has 0 heterocycles. The van der Waals surface area contributed by atoms with Crippen LogP contribution in [0.5, 0.6) is 5.75 Å². The molecule has 1 rings (SSSR count). The molecule has 100 valence electrons. The summed E-state index contributed by atoms with van der Waals surface area (Å²) in [7, 11) is 3.10. The molecule has 1 aromatic rings. The molecule has 3 heteroatoms. The molecule has 0 N–H and O–H groups in total. The van der Waals surface area contributed by atoms with Gasteiger partial charge in [0.05, 0.1) is 20.1 Å². The summed E-state index contributed by atoms with van der Waals surface area (Å²) in [4.78, 5) is 11.9. The van der Waals surface area contributed by atoms with Gasteiger partial charge in [-0.2, -0.15) is 0 Å². The van der Waals surface area contributed by atoms with Crippen molar-refractivity contribution in [3.05, 3.63) is 28.3 Å². The zero-order valence-electron chi connectivity index (χ0n) is 12.1. The van der Waals surface area contributed by atoms with Gasteiger partial charge in [-0.3, -0.25) is 4.79 Å². The quantitative estimate of drug-likeness (QED) is 0.769. The summed E-state index contributed by atoms with van der Waals surface area (Å²) < 4.78 is 10.2. The zero-order chi connectivity index (χ0) is 13.9. The smallest absolute Gasteiger partial charge is 0.313 e. The number of ether oxygens (including phenoxy) is 2. The molecular weight excluding hydrogens is 228 g/mol. The molecule has 1 atom stereocenters. The lowest BCUT2D eigenvalue weighted by molar-refractivity contribution is -0.142. The zero-order valence-corrected chi connectivity index (χ0v) is 12.1. The van der Waals surface area contributed by atoms with E-state index in [0.717, 1.165) is 34.4 Å². The summed E-state index contributed by atoms with van der Waals surface area (Å²) in [5, 5.41) is 0. The molecule has 0 aliphatic carbocycles. The molecule has 1 unspecified atom stereocenters. The van der Waals surface area contributed by atoms with E-state index in [0.29, 0.717) is 0 Å². The summed E-state index contributed by atoms with van der Waals surface area (Å²) in [6, 6.07) is 1.99. The van der Waals surface area contributed by atoms with E-state index in [1.165, 1.54) is 7.11 Å².